The Morgan fingerprint density at radius 2 is 2.05 bits per heavy atom. The molecule has 0 saturated carbocycles. The Morgan fingerprint density at radius 1 is 1.20 bits per heavy atom. The second kappa shape index (κ2) is 5.92. The molecule has 4 heteroatoms. The summed E-state index contributed by atoms with van der Waals surface area (Å²) in [6, 6.07) is 14.2. The first-order valence-electron chi connectivity index (χ1n) is 6.94. The first-order chi connectivity index (χ1) is 9.79. The van der Waals surface area contributed by atoms with Gasteiger partial charge in [-0.15, -0.1) is 0 Å². The van der Waals surface area contributed by atoms with Gasteiger partial charge in [0.1, 0.15) is 17.7 Å². The molecule has 3 rings (SSSR count). The Morgan fingerprint density at radius 3 is 2.80 bits per heavy atom. The highest BCUT2D eigenvalue weighted by Crippen LogP contribution is 2.19. The lowest BCUT2D eigenvalue weighted by atomic mass is 10.2. The lowest BCUT2D eigenvalue weighted by molar-refractivity contribution is 0.198. The largest absolute Gasteiger partial charge is 0.487 e. The van der Waals surface area contributed by atoms with Crippen molar-refractivity contribution in [2.75, 3.05) is 18.8 Å². The number of benzene rings is 1. The van der Waals surface area contributed by atoms with Gasteiger partial charge in [-0.25, -0.2) is 4.98 Å². The van der Waals surface area contributed by atoms with Crippen molar-refractivity contribution in [3.63, 3.8) is 0 Å². The fourth-order valence-electron chi connectivity index (χ4n) is 2.53. The molecule has 2 N–H and O–H groups in total. The van der Waals surface area contributed by atoms with Crippen molar-refractivity contribution < 1.29 is 4.74 Å². The molecule has 1 fully saturated rings. The summed E-state index contributed by atoms with van der Waals surface area (Å²) in [5.41, 5.74) is 6.92. The number of anilines is 1. The van der Waals surface area contributed by atoms with Crippen LogP contribution in [0.4, 0.5) is 5.82 Å². The lowest BCUT2D eigenvalue weighted by Gasteiger charge is -2.16. The van der Waals surface area contributed by atoms with Crippen LogP contribution in [-0.2, 0) is 6.54 Å². The van der Waals surface area contributed by atoms with Gasteiger partial charge in [0.25, 0.3) is 0 Å². The highest BCUT2D eigenvalue weighted by Gasteiger charge is 2.23. The average Bonchev–Trinajstić information content (AvgIpc) is 2.90. The van der Waals surface area contributed by atoms with Gasteiger partial charge in [0.2, 0.25) is 0 Å². The molecule has 1 aliphatic rings. The molecule has 2 heterocycles. The van der Waals surface area contributed by atoms with Crippen LogP contribution in [0.1, 0.15) is 12.0 Å². The Hall–Kier alpha value is -2.07. The third-order valence-corrected chi connectivity index (χ3v) is 3.54. The maximum absolute atomic E-state index is 5.94. The van der Waals surface area contributed by atoms with E-state index in [4.69, 9.17) is 10.5 Å². The molecule has 1 unspecified atom stereocenters. The van der Waals surface area contributed by atoms with E-state index < -0.39 is 0 Å². The molecule has 1 aliphatic heterocycles. The molecule has 4 nitrogen and oxygen atoms in total. The van der Waals surface area contributed by atoms with E-state index in [-0.39, 0.29) is 6.10 Å². The molecule has 0 aliphatic carbocycles. The van der Waals surface area contributed by atoms with E-state index in [2.05, 4.69) is 34.1 Å². The van der Waals surface area contributed by atoms with Crippen molar-refractivity contribution in [2.45, 2.75) is 19.1 Å². The summed E-state index contributed by atoms with van der Waals surface area (Å²) < 4.78 is 5.94. The van der Waals surface area contributed by atoms with Crippen LogP contribution < -0.4 is 10.5 Å². The molecule has 2 aromatic rings. The van der Waals surface area contributed by atoms with Crippen LogP contribution >= 0.6 is 0 Å². The number of likely N-dealkylation sites (tertiary alicyclic amines) is 1. The number of ether oxygens (including phenoxy) is 1. The van der Waals surface area contributed by atoms with Gasteiger partial charge in [-0.3, -0.25) is 4.90 Å². The molecule has 1 aromatic carbocycles. The molecular formula is C16H19N3O. The Balaban J connectivity index is 1.53. The highest BCUT2D eigenvalue weighted by atomic mass is 16.5. The number of pyridine rings is 1. The summed E-state index contributed by atoms with van der Waals surface area (Å²) in [6.07, 6.45) is 2.98. The minimum absolute atomic E-state index is 0.240. The van der Waals surface area contributed by atoms with Gasteiger partial charge < -0.3 is 10.5 Å². The van der Waals surface area contributed by atoms with Crippen LogP contribution in [0.25, 0.3) is 0 Å². The quantitative estimate of drug-likeness (QED) is 0.925. The second-order valence-electron chi connectivity index (χ2n) is 5.17. The van der Waals surface area contributed by atoms with Gasteiger partial charge in [-0.2, -0.15) is 0 Å². The highest BCUT2D eigenvalue weighted by molar-refractivity contribution is 5.32. The molecule has 1 aromatic heterocycles. The lowest BCUT2D eigenvalue weighted by Crippen LogP contribution is -2.24. The molecule has 1 saturated heterocycles. The van der Waals surface area contributed by atoms with Crippen LogP contribution in [0.2, 0.25) is 0 Å². The van der Waals surface area contributed by atoms with Gasteiger partial charge in [0.05, 0.1) is 6.20 Å². The van der Waals surface area contributed by atoms with E-state index in [0.29, 0.717) is 5.82 Å². The zero-order valence-electron chi connectivity index (χ0n) is 11.4. The van der Waals surface area contributed by atoms with Crippen LogP contribution in [0.3, 0.4) is 0 Å². The fraction of sp³-hybridized carbons (Fsp3) is 0.312. The van der Waals surface area contributed by atoms with E-state index in [1.54, 1.807) is 12.3 Å². The Labute approximate surface area is 119 Å². The van der Waals surface area contributed by atoms with Crippen molar-refractivity contribution in [1.29, 1.82) is 0 Å². The summed E-state index contributed by atoms with van der Waals surface area (Å²) in [4.78, 5) is 6.47. The molecule has 0 radical (unpaired) electrons. The van der Waals surface area contributed by atoms with Crippen molar-refractivity contribution in [3.05, 3.63) is 54.2 Å². The zero-order chi connectivity index (χ0) is 13.8. The number of nitrogen functional groups attached to an aromatic ring is 1. The summed E-state index contributed by atoms with van der Waals surface area (Å²) in [5.74, 6) is 1.32. The van der Waals surface area contributed by atoms with E-state index in [9.17, 15) is 0 Å². The SMILES string of the molecule is Nc1ccc(OC2CCN(Cc3ccccc3)C2)cn1. The summed E-state index contributed by atoms with van der Waals surface area (Å²) in [5, 5.41) is 0. The van der Waals surface area contributed by atoms with Crippen molar-refractivity contribution in [3.8, 4) is 5.75 Å². The zero-order valence-corrected chi connectivity index (χ0v) is 11.4. The van der Waals surface area contributed by atoms with Crippen LogP contribution in [-0.4, -0.2) is 29.1 Å². The number of nitrogens with two attached hydrogens (primary N) is 1. The number of hydrogen-bond acceptors (Lipinski definition) is 4. The third kappa shape index (κ3) is 3.27. The van der Waals surface area contributed by atoms with Gasteiger partial charge >= 0.3 is 0 Å². The monoisotopic (exact) mass is 269 g/mol. The topological polar surface area (TPSA) is 51.4 Å². The van der Waals surface area contributed by atoms with Crippen molar-refractivity contribution in [1.82, 2.24) is 9.88 Å². The Kier molecular flexibility index (Phi) is 3.83. The van der Waals surface area contributed by atoms with Crippen molar-refractivity contribution in [2.24, 2.45) is 0 Å². The maximum Gasteiger partial charge on any atom is 0.138 e. The van der Waals surface area contributed by atoms with Crippen LogP contribution in [0.5, 0.6) is 5.75 Å². The average molecular weight is 269 g/mol. The molecule has 104 valence electrons. The van der Waals surface area contributed by atoms with Crippen molar-refractivity contribution >= 4 is 5.82 Å². The standard InChI is InChI=1S/C16H19N3O/c17-16-7-6-14(10-18-16)20-15-8-9-19(12-15)11-13-4-2-1-3-5-13/h1-7,10,15H,8-9,11-12H2,(H2,17,18). The predicted octanol–water partition coefficient (Wildman–Crippen LogP) is 2.32. The van der Waals surface area contributed by atoms with Gasteiger partial charge in [0, 0.05) is 19.6 Å². The smallest absolute Gasteiger partial charge is 0.138 e. The molecule has 0 amide bonds. The normalized spacial score (nSPS) is 19.1. The number of aromatic nitrogens is 1. The second-order valence-corrected chi connectivity index (χ2v) is 5.17. The minimum Gasteiger partial charge on any atom is -0.487 e. The Bertz CT molecular complexity index is 541. The molecular weight excluding hydrogens is 250 g/mol. The van der Waals surface area contributed by atoms with E-state index in [0.717, 1.165) is 31.8 Å². The van der Waals surface area contributed by atoms with E-state index in [1.165, 1.54) is 5.56 Å². The first-order valence-corrected chi connectivity index (χ1v) is 6.94. The third-order valence-electron chi connectivity index (χ3n) is 3.54. The van der Waals surface area contributed by atoms with Gasteiger partial charge in [-0.1, -0.05) is 30.3 Å². The summed E-state index contributed by atoms with van der Waals surface area (Å²) in [6.45, 7) is 3.02. The molecule has 20 heavy (non-hydrogen) atoms. The summed E-state index contributed by atoms with van der Waals surface area (Å²) >= 11 is 0. The van der Waals surface area contributed by atoms with Gasteiger partial charge in [0.15, 0.2) is 0 Å². The number of hydrogen-bond donors (Lipinski definition) is 1. The molecule has 1 atom stereocenters. The van der Waals surface area contributed by atoms with E-state index in [1.807, 2.05) is 12.1 Å². The summed E-state index contributed by atoms with van der Waals surface area (Å²) in [7, 11) is 0. The molecule has 0 spiro atoms. The van der Waals surface area contributed by atoms with Crippen LogP contribution in [0, 0.1) is 0 Å². The minimum atomic E-state index is 0.240. The number of rotatable bonds is 4. The first kappa shape index (κ1) is 12.9. The maximum atomic E-state index is 5.94. The van der Waals surface area contributed by atoms with Gasteiger partial charge in [-0.05, 0) is 24.1 Å². The predicted molar refractivity (Wildman–Crippen MR) is 79.4 cm³/mol. The van der Waals surface area contributed by atoms with Crippen LogP contribution in [0.15, 0.2) is 48.7 Å². The van der Waals surface area contributed by atoms with E-state index >= 15 is 0 Å². The molecule has 0 bridgehead atoms. The fourth-order valence-corrected chi connectivity index (χ4v) is 2.53. The number of nitrogens with zero attached hydrogens (tertiary/aromatic N) is 2.